The molecule has 0 fully saturated rings. The quantitative estimate of drug-likeness (QED) is 0.765. The van der Waals surface area contributed by atoms with Gasteiger partial charge in [-0.1, -0.05) is 0 Å². The SMILES string of the molecule is NC(=O)c1c(N)c(F)c(Br)c2c1CCC2. The van der Waals surface area contributed by atoms with Crippen LogP contribution in [0.25, 0.3) is 0 Å². The van der Waals surface area contributed by atoms with E-state index in [1.165, 1.54) is 0 Å². The Bertz CT molecular complexity index is 459. The minimum absolute atomic E-state index is 0.143. The summed E-state index contributed by atoms with van der Waals surface area (Å²) in [6.07, 6.45) is 2.39. The minimum Gasteiger partial charge on any atom is -0.396 e. The highest BCUT2D eigenvalue weighted by molar-refractivity contribution is 9.10. The molecule has 0 bridgehead atoms. The number of carbonyl (C=O) groups excluding carboxylic acids is 1. The van der Waals surface area contributed by atoms with Gasteiger partial charge in [-0.15, -0.1) is 0 Å². The van der Waals surface area contributed by atoms with Gasteiger partial charge in [-0.25, -0.2) is 4.39 Å². The first-order chi connectivity index (χ1) is 7.04. The number of nitrogen functional groups attached to an aromatic ring is 1. The Morgan fingerprint density at radius 3 is 2.53 bits per heavy atom. The molecule has 1 aliphatic carbocycles. The van der Waals surface area contributed by atoms with Gasteiger partial charge in [0.2, 0.25) is 0 Å². The summed E-state index contributed by atoms with van der Waals surface area (Å²) in [5.41, 5.74) is 12.4. The van der Waals surface area contributed by atoms with Crippen molar-refractivity contribution in [1.29, 1.82) is 0 Å². The fraction of sp³-hybridized carbons (Fsp3) is 0.300. The number of nitrogens with two attached hydrogens (primary N) is 2. The zero-order chi connectivity index (χ0) is 11.2. The van der Waals surface area contributed by atoms with E-state index in [4.69, 9.17) is 11.5 Å². The van der Waals surface area contributed by atoms with E-state index < -0.39 is 11.7 Å². The third-order valence-corrected chi connectivity index (χ3v) is 3.56. The maximum absolute atomic E-state index is 13.6. The molecular formula is C10H10BrFN2O. The summed E-state index contributed by atoms with van der Waals surface area (Å²) in [5.74, 6) is -1.23. The van der Waals surface area contributed by atoms with E-state index in [1.807, 2.05) is 0 Å². The molecule has 0 heterocycles. The van der Waals surface area contributed by atoms with Crippen LogP contribution in [0.5, 0.6) is 0 Å². The van der Waals surface area contributed by atoms with Gasteiger partial charge in [-0.05, 0) is 46.3 Å². The van der Waals surface area contributed by atoms with E-state index in [-0.39, 0.29) is 11.3 Å². The molecule has 0 saturated carbocycles. The number of halogens is 2. The third-order valence-electron chi connectivity index (χ3n) is 2.73. The van der Waals surface area contributed by atoms with Gasteiger partial charge < -0.3 is 11.5 Å². The van der Waals surface area contributed by atoms with Crippen molar-refractivity contribution in [3.05, 3.63) is 27.0 Å². The van der Waals surface area contributed by atoms with Crippen molar-refractivity contribution >= 4 is 27.5 Å². The van der Waals surface area contributed by atoms with Gasteiger partial charge in [0.1, 0.15) is 0 Å². The second-order valence-electron chi connectivity index (χ2n) is 3.59. The lowest BCUT2D eigenvalue weighted by molar-refractivity contribution is 0.1000. The van der Waals surface area contributed by atoms with E-state index in [1.54, 1.807) is 0 Å². The average molecular weight is 273 g/mol. The van der Waals surface area contributed by atoms with Crippen molar-refractivity contribution in [1.82, 2.24) is 0 Å². The zero-order valence-corrected chi connectivity index (χ0v) is 9.53. The maximum Gasteiger partial charge on any atom is 0.251 e. The molecular weight excluding hydrogens is 263 g/mol. The van der Waals surface area contributed by atoms with Crippen LogP contribution < -0.4 is 11.5 Å². The molecule has 3 nitrogen and oxygen atoms in total. The first-order valence-corrected chi connectivity index (χ1v) is 5.41. The molecule has 0 saturated heterocycles. The van der Waals surface area contributed by atoms with Gasteiger partial charge >= 0.3 is 0 Å². The lowest BCUT2D eigenvalue weighted by Crippen LogP contribution is -2.18. The Hall–Kier alpha value is -1.10. The summed E-state index contributed by atoms with van der Waals surface area (Å²) in [6.45, 7) is 0. The Morgan fingerprint density at radius 1 is 1.33 bits per heavy atom. The van der Waals surface area contributed by atoms with Crippen LogP contribution in [0.3, 0.4) is 0 Å². The number of rotatable bonds is 1. The lowest BCUT2D eigenvalue weighted by atomic mass is 10.0. The van der Waals surface area contributed by atoms with Crippen molar-refractivity contribution in [3.8, 4) is 0 Å². The van der Waals surface area contributed by atoms with Gasteiger partial charge in [-0.2, -0.15) is 0 Å². The van der Waals surface area contributed by atoms with Crippen LogP contribution in [0.15, 0.2) is 4.47 Å². The largest absolute Gasteiger partial charge is 0.396 e. The van der Waals surface area contributed by atoms with E-state index in [0.717, 1.165) is 30.4 Å². The number of amides is 1. The molecule has 0 unspecified atom stereocenters. The highest BCUT2D eigenvalue weighted by atomic mass is 79.9. The minimum atomic E-state index is -0.656. The second kappa shape index (κ2) is 3.48. The monoisotopic (exact) mass is 272 g/mol. The molecule has 0 aromatic heterocycles. The molecule has 5 heteroatoms. The van der Waals surface area contributed by atoms with Crippen molar-refractivity contribution in [2.75, 3.05) is 5.73 Å². The van der Waals surface area contributed by atoms with Crippen LogP contribution >= 0.6 is 15.9 Å². The number of primary amides is 1. The summed E-state index contributed by atoms with van der Waals surface area (Å²) in [4.78, 5) is 11.2. The average Bonchev–Trinajstić information content (AvgIpc) is 2.62. The van der Waals surface area contributed by atoms with Crippen molar-refractivity contribution in [2.24, 2.45) is 5.73 Å². The van der Waals surface area contributed by atoms with Crippen LogP contribution in [-0.4, -0.2) is 5.91 Å². The Balaban J connectivity index is 2.81. The van der Waals surface area contributed by atoms with Gasteiger partial charge in [0.25, 0.3) is 5.91 Å². The second-order valence-corrected chi connectivity index (χ2v) is 4.38. The van der Waals surface area contributed by atoms with E-state index >= 15 is 0 Å². The van der Waals surface area contributed by atoms with Gasteiger partial charge in [0.05, 0.1) is 15.7 Å². The summed E-state index contributed by atoms with van der Waals surface area (Å²) in [7, 11) is 0. The molecule has 0 aliphatic heterocycles. The summed E-state index contributed by atoms with van der Waals surface area (Å²) in [5, 5.41) is 0. The zero-order valence-electron chi connectivity index (χ0n) is 7.94. The topological polar surface area (TPSA) is 69.1 Å². The Labute approximate surface area is 94.8 Å². The number of fused-ring (bicyclic) bond motifs is 1. The smallest absolute Gasteiger partial charge is 0.251 e. The predicted molar refractivity (Wildman–Crippen MR) is 59.1 cm³/mol. The summed E-state index contributed by atoms with van der Waals surface area (Å²) in [6, 6.07) is 0. The third kappa shape index (κ3) is 1.42. The molecule has 1 aromatic rings. The normalized spacial score (nSPS) is 14.0. The number of benzene rings is 1. The highest BCUT2D eigenvalue weighted by Crippen LogP contribution is 2.37. The molecule has 2 rings (SSSR count). The van der Waals surface area contributed by atoms with E-state index in [9.17, 15) is 9.18 Å². The molecule has 1 aromatic carbocycles. The first kappa shape index (κ1) is 10.4. The number of hydrogen-bond acceptors (Lipinski definition) is 2. The Morgan fingerprint density at radius 2 is 1.93 bits per heavy atom. The fourth-order valence-corrected chi connectivity index (χ4v) is 2.72. The van der Waals surface area contributed by atoms with Gasteiger partial charge in [0.15, 0.2) is 5.82 Å². The number of carbonyl (C=O) groups is 1. The van der Waals surface area contributed by atoms with Crippen LogP contribution in [0.1, 0.15) is 27.9 Å². The van der Waals surface area contributed by atoms with Crippen molar-refractivity contribution in [2.45, 2.75) is 19.3 Å². The highest BCUT2D eigenvalue weighted by Gasteiger charge is 2.26. The van der Waals surface area contributed by atoms with Gasteiger partial charge in [0, 0.05) is 0 Å². The first-order valence-electron chi connectivity index (χ1n) is 4.62. The summed E-state index contributed by atoms with van der Waals surface area (Å²) >= 11 is 3.16. The number of hydrogen-bond donors (Lipinski definition) is 2. The van der Waals surface area contributed by atoms with Gasteiger partial charge in [-0.3, -0.25) is 4.79 Å². The maximum atomic E-state index is 13.6. The molecule has 80 valence electrons. The van der Waals surface area contributed by atoms with E-state index in [0.29, 0.717) is 4.47 Å². The van der Waals surface area contributed by atoms with E-state index in [2.05, 4.69) is 15.9 Å². The molecule has 1 amide bonds. The number of anilines is 1. The van der Waals surface area contributed by atoms with Crippen molar-refractivity contribution < 1.29 is 9.18 Å². The molecule has 0 atom stereocenters. The van der Waals surface area contributed by atoms with Crippen LogP contribution in [-0.2, 0) is 12.8 Å². The molecule has 4 N–H and O–H groups in total. The Kier molecular flexibility index (Phi) is 2.42. The molecule has 15 heavy (non-hydrogen) atoms. The molecule has 0 spiro atoms. The van der Waals surface area contributed by atoms with Crippen molar-refractivity contribution in [3.63, 3.8) is 0 Å². The summed E-state index contributed by atoms with van der Waals surface area (Å²) < 4.78 is 14.0. The fourth-order valence-electron chi connectivity index (χ4n) is 2.07. The standard InChI is InChI=1S/C10H10BrFN2O/c11-7-5-3-1-2-4(5)6(10(14)15)9(13)8(7)12/h1-3,13H2,(H2,14,15). The van der Waals surface area contributed by atoms with Crippen LogP contribution in [0.2, 0.25) is 0 Å². The van der Waals surface area contributed by atoms with Crippen LogP contribution in [0, 0.1) is 5.82 Å². The predicted octanol–water partition coefficient (Wildman–Crippen LogP) is 1.76. The lowest BCUT2D eigenvalue weighted by Gasteiger charge is -2.12. The molecule has 1 aliphatic rings. The molecule has 0 radical (unpaired) electrons. The van der Waals surface area contributed by atoms with Crippen LogP contribution in [0.4, 0.5) is 10.1 Å².